The van der Waals surface area contributed by atoms with E-state index in [1.807, 2.05) is 53.4 Å². The van der Waals surface area contributed by atoms with Crippen LogP contribution in [0.25, 0.3) is 11.3 Å². The fourth-order valence-corrected chi connectivity index (χ4v) is 5.20. The first-order chi connectivity index (χ1) is 17.5. The second kappa shape index (κ2) is 10.5. The van der Waals surface area contributed by atoms with Crippen molar-refractivity contribution in [2.75, 3.05) is 49.1 Å². The molecule has 1 amide bonds. The van der Waals surface area contributed by atoms with E-state index in [9.17, 15) is 9.59 Å². The van der Waals surface area contributed by atoms with Crippen LogP contribution < -0.4 is 9.80 Å². The summed E-state index contributed by atoms with van der Waals surface area (Å²) in [7, 11) is 0. The van der Waals surface area contributed by atoms with Crippen LogP contribution in [0.15, 0.2) is 60.7 Å². The van der Waals surface area contributed by atoms with Crippen molar-refractivity contribution in [1.29, 1.82) is 0 Å². The minimum atomic E-state index is 0.0712. The molecule has 0 unspecified atom stereocenters. The number of rotatable bonds is 5. The third-order valence-electron chi connectivity index (χ3n) is 7.47. The lowest BCUT2D eigenvalue weighted by atomic mass is 9.95. The smallest absolute Gasteiger partial charge is 0.225 e. The molecule has 0 radical (unpaired) electrons. The van der Waals surface area contributed by atoms with Crippen LogP contribution in [0, 0.1) is 12.8 Å². The molecular weight excluding hydrogens is 450 g/mol. The maximum Gasteiger partial charge on any atom is 0.225 e. The van der Waals surface area contributed by atoms with Crippen molar-refractivity contribution >= 4 is 23.2 Å². The van der Waals surface area contributed by atoms with Crippen molar-refractivity contribution in [2.45, 2.75) is 26.7 Å². The summed E-state index contributed by atoms with van der Waals surface area (Å²) in [4.78, 5) is 31.3. The van der Waals surface area contributed by atoms with Gasteiger partial charge in [0.05, 0.1) is 5.69 Å². The minimum Gasteiger partial charge on any atom is -0.368 e. The predicted octanol–water partition coefficient (Wildman–Crippen LogP) is 4.22. The van der Waals surface area contributed by atoms with E-state index in [-0.39, 0.29) is 17.6 Å². The van der Waals surface area contributed by atoms with E-state index < -0.39 is 0 Å². The highest BCUT2D eigenvalue weighted by Crippen LogP contribution is 2.26. The van der Waals surface area contributed by atoms with Gasteiger partial charge in [-0.15, -0.1) is 10.2 Å². The van der Waals surface area contributed by atoms with Gasteiger partial charge in [-0.2, -0.15) is 0 Å². The van der Waals surface area contributed by atoms with E-state index in [4.69, 9.17) is 0 Å². The highest BCUT2D eigenvalue weighted by Gasteiger charge is 2.31. The normalized spacial score (nSPS) is 16.8. The van der Waals surface area contributed by atoms with Crippen molar-refractivity contribution in [3.05, 3.63) is 71.8 Å². The number of amides is 1. The Morgan fingerprint density at radius 2 is 1.47 bits per heavy atom. The van der Waals surface area contributed by atoms with Crippen LogP contribution in [0.4, 0.5) is 11.5 Å². The molecule has 0 aliphatic carbocycles. The van der Waals surface area contributed by atoms with E-state index >= 15 is 0 Å². The van der Waals surface area contributed by atoms with Gasteiger partial charge in [-0.05, 0) is 68.7 Å². The van der Waals surface area contributed by atoms with Gasteiger partial charge in [0.2, 0.25) is 5.91 Å². The molecule has 3 aromatic rings. The fourth-order valence-electron chi connectivity index (χ4n) is 5.20. The van der Waals surface area contributed by atoms with E-state index in [1.165, 1.54) is 5.56 Å². The summed E-state index contributed by atoms with van der Waals surface area (Å²) >= 11 is 0. The number of ketones is 1. The van der Waals surface area contributed by atoms with Crippen molar-refractivity contribution in [1.82, 2.24) is 15.1 Å². The van der Waals surface area contributed by atoms with Gasteiger partial charge < -0.3 is 14.7 Å². The predicted molar refractivity (Wildman–Crippen MR) is 142 cm³/mol. The van der Waals surface area contributed by atoms with Gasteiger partial charge in [0.1, 0.15) is 0 Å². The lowest BCUT2D eigenvalue weighted by Gasteiger charge is -2.39. The Kier molecular flexibility index (Phi) is 6.98. The Balaban J connectivity index is 1.12. The SMILES string of the molecule is CC(=O)c1ccc(N2CCN(C(=O)C3CCN(c4ccc(-c5ccccc5C)nn4)CC3)CC2)cc1. The Labute approximate surface area is 212 Å². The molecule has 7 heteroatoms. The van der Waals surface area contributed by atoms with Crippen molar-refractivity contribution in [3.63, 3.8) is 0 Å². The second-order valence-electron chi connectivity index (χ2n) is 9.77. The number of nitrogens with zero attached hydrogens (tertiary/aromatic N) is 5. The van der Waals surface area contributed by atoms with Crippen molar-refractivity contribution < 1.29 is 9.59 Å². The molecule has 0 bridgehead atoms. The van der Waals surface area contributed by atoms with E-state index in [0.29, 0.717) is 0 Å². The molecule has 2 saturated heterocycles. The Bertz CT molecular complexity index is 1210. The van der Waals surface area contributed by atoms with Crippen molar-refractivity contribution in [3.8, 4) is 11.3 Å². The van der Waals surface area contributed by atoms with Crippen LogP contribution in [-0.4, -0.2) is 66.1 Å². The zero-order valence-corrected chi connectivity index (χ0v) is 21.1. The molecule has 5 rings (SSSR count). The summed E-state index contributed by atoms with van der Waals surface area (Å²) in [6.07, 6.45) is 1.68. The number of hydrogen-bond donors (Lipinski definition) is 0. The molecular formula is C29H33N5O2. The average molecular weight is 484 g/mol. The average Bonchev–Trinajstić information content (AvgIpc) is 2.93. The van der Waals surface area contributed by atoms with Crippen molar-refractivity contribution in [2.24, 2.45) is 5.92 Å². The second-order valence-corrected chi connectivity index (χ2v) is 9.77. The molecule has 2 fully saturated rings. The third kappa shape index (κ3) is 5.10. The molecule has 7 nitrogen and oxygen atoms in total. The maximum absolute atomic E-state index is 13.2. The number of Topliss-reactive ketones (excluding diaryl/α,β-unsaturated/α-hetero) is 1. The molecule has 3 heterocycles. The summed E-state index contributed by atoms with van der Waals surface area (Å²) in [6, 6.07) is 20.0. The van der Waals surface area contributed by atoms with Crippen LogP contribution in [0.3, 0.4) is 0 Å². The lowest BCUT2D eigenvalue weighted by molar-refractivity contribution is -0.136. The number of piperazine rings is 1. The number of piperidine rings is 1. The molecule has 186 valence electrons. The quantitative estimate of drug-likeness (QED) is 0.506. The molecule has 0 saturated carbocycles. The lowest BCUT2D eigenvalue weighted by Crippen LogP contribution is -2.51. The van der Waals surface area contributed by atoms with Gasteiger partial charge in [0.15, 0.2) is 11.6 Å². The maximum atomic E-state index is 13.2. The Morgan fingerprint density at radius 3 is 2.08 bits per heavy atom. The van der Waals surface area contributed by atoms with Gasteiger partial charge in [0, 0.05) is 62.0 Å². The summed E-state index contributed by atoms with van der Waals surface area (Å²) in [6.45, 7) is 8.39. The first-order valence-electron chi connectivity index (χ1n) is 12.8. The number of aromatic nitrogens is 2. The van der Waals surface area contributed by atoms with E-state index in [1.54, 1.807) is 6.92 Å². The number of hydrogen-bond acceptors (Lipinski definition) is 6. The number of anilines is 2. The first kappa shape index (κ1) is 24.0. The van der Waals surface area contributed by atoms with Crippen LogP contribution >= 0.6 is 0 Å². The number of aryl methyl sites for hydroxylation is 1. The molecule has 0 N–H and O–H groups in total. The zero-order valence-electron chi connectivity index (χ0n) is 21.1. The number of benzene rings is 2. The number of carbonyl (C=O) groups is 2. The monoisotopic (exact) mass is 483 g/mol. The largest absolute Gasteiger partial charge is 0.368 e. The van der Waals surface area contributed by atoms with E-state index in [0.717, 1.165) is 80.4 Å². The molecule has 2 aromatic carbocycles. The Morgan fingerprint density at radius 1 is 0.778 bits per heavy atom. The summed E-state index contributed by atoms with van der Waals surface area (Å²) in [5, 5.41) is 8.96. The summed E-state index contributed by atoms with van der Waals surface area (Å²) < 4.78 is 0. The molecule has 36 heavy (non-hydrogen) atoms. The standard InChI is InChI=1S/C29H33N5O2/c1-21-5-3-4-6-26(21)27-11-12-28(31-30-27)33-15-13-24(14-16-33)29(36)34-19-17-32(18-20-34)25-9-7-23(8-10-25)22(2)35/h3-12,24H,13-20H2,1-2H3. The molecule has 0 atom stereocenters. The highest BCUT2D eigenvalue weighted by atomic mass is 16.2. The molecule has 0 spiro atoms. The third-order valence-corrected chi connectivity index (χ3v) is 7.47. The van der Waals surface area contributed by atoms with Gasteiger partial charge in [0.25, 0.3) is 0 Å². The molecule has 1 aromatic heterocycles. The van der Waals surface area contributed by atoms with Crippen LogP contribution in [0.1, 0.15) is 35.7 Å². The molecule has 2 aliphatic heterocycles. The minimum absolute atomic E-state index is 0.0712. The van der Waals surface area contributed by atoms with Gasteiger partial charge in [-0.3, -0.25) is 9.59 Å². The fraction of sp³-hybridized carbons (Fsp3) is 0.379. The first-order valence-corrected chi connectivity index (χ1v) is 12.8. The Hall–Kier alpha value is -3.74. The van der Waals surface area contributed by atoms with E-state index in [2.05, 4.69) is 39.1 Å². The van der Waals surface area contributed by atoms with Gasteiger partial charge in [-0.1, -0.05) is 24.3 Å². The van der Waals surface area contributed by atoms with Crippen LogP contribution in [-0.2, 0) is 4.79 Å². The summed E-state index contributed by atoms with van der Waals surface area (Å²) in [5.74, 6) is 1.31. The highest BCUT2D eigenvalue weighted by molar-refractivity contribution is 5.94. The topological polar surface area (TPSA) is 69.6 Å². The number of carbonyl (C=O) groups excluding carboxylic acids is 2. The summed E-state index contributed by atoms with van der Waals surface area (Å²) in [5.41, 5.74) is 5.01. The van der Waals surface area contributed by atoms with Gasteiger partial charge >= 0.3 is 0 Å². The van der Waals surface area contributed by atoms with Crippen LogP contribution in [0.5, 0.6) is 0 Å². The van der Waals surface area contributed by atoms with Crippen LogP contribution in [0.2, 0.25) is 0 Å². The molecule has 2 aliphatic rings. The zero-order chi connectivity index (χ0) is 25.1. The van der Waals surface area contributed by atoms with Gasteiger partial charge in [-0.25, -0.2) is 0 Å².